The molecule has 0 aliphatic rings. The molecular weight excluding hydrogens is 741 g/mol. The minimum atomic E-state index is 0.630. The molecule has 0 amide bonds. The Balaban J connectivity index is 0.924. The zero-order valence-electron chi connectivity index (χ0n) is 33.1. The second-order valence-electron chi connectivity index (χ2n) is 15.7. The Kier molecular flexibility index (Phi) is 8.13. The third kappa shape index (κ3) is 6.12. The fourth-order valence-electron chi connectivity index (χ4n) is 8.92. The molecule has 0 bridgehead atoms. The summed E-state index contributed by atoms with van der Waals surface area (Å²) in [5, 5.41) is 9.98. The summed E-state index contributed by atoms with van der Waals surface area (Å²) in [6.07, 6.45) is 0. The smallest absolute Gasteiger partial charge is 0.164 e. The van der Waals surface area contributed by atoms with Crippen molar-refractivity contribution in [3.63, 3.8) is 0 Å². The van der Waals surface area contributed by atoms with Gasteiger partial charge in [-0.05, 0) is 97.0 Å². The SMILES string of the molecule is c1ccc(-c2nc(-c3ccc(-c4ccc5ccccc5c4)cc3)nc(-c3cccc(-c4ccc(-n5c6cc7ccccc7cc6c6c7ccccc7ccc65)cc4)c3)n2)cc1. The summed E-state index contributed by atoms with van der Waals surface area (Å²) in [4.78, 5) is 15.2. The monoisotopic (exact) mass is 776 g/mol. The van der Waals surface area contributed by atoms with E-state index < -0.39 is 0 Å². The Bertz CT molecular complexity index is 3620. The van der Waals surface area contributed by atoms with Crippen LogP contribution in [0.2, 0.25) is 0 Å². The lowest BCUT2D eigenvalue weighted by Crippen LogP contribution is -2.00. The van der Waals surface area contributed by atoms with Crippen LogP contribution in [0.3, 0.4) is 0 Å². The fraction of sp³-hybridized carbons (Fsp3) is 0. The van der Waals surface area contributed by atoms with Crippen molar-refractivity contribution in [3.05, 3.63) is 218 Å². The summed E-state index contributed by atoms with van der Waals surface area (Å²) >= 11 is 0. The van der Waals surface area contributed by atoms with Crippen molar-refractivity contribution in [1.29, 1.82) is 0 Å². The molecule has 2 aromatic heterocycles. The highest BCUT2D eigenvalue weighted by molar-refractivity contribution is 6.23. The highest BCUT2D eigenvalue weighted by Gasteiger charge is 2.17. The summed E-state index contributed by atoms with van der Waals surface area (Å²) < 4.78 is 2.41. The second kappa shape index (κ2) is 14.3. The molecule has 61 heavy (non-hydrogen) atoms. The Morgan fingerprint density at radius 2 is 0.754 bits per heavy atom. The largest absolute Gasteiger partial charge is 0.309 e. The minimum Gasteiger partial charge on any atom is -0.309 e. The van der Waals surface area contributed by atoms with Crippen LogP contribution in [-0.4, -0.2) is 19.5 Å². The molecule has 4 nitrogen and oxygen atoms in total. The predicted octanol–water partition coefficient (Wildman–Crippen LogP) is 14.8. The van der Waals surface area contributed by atoms with E-state index in [1.807, 2.05) is 30.3 Å². The molecule has 0 spiro atoms. The lowest BCUT2D eigenvalue weighted by molar-refractivity contribution is 1.07. The third-order valence-corrected chi connectivity index (χ3v) is 12.0. The number of fused-ring (bicyclic) bond motifs is 7. The highest BCUT2D eigenvalue weighted by Crippen LogP contribution is 2.39. The molecule has 12 aromatic rings. The molecule has 10 aromatic carbocycles. The van der Waals surface area contributed by atoms with Crippen LogP contribution in [0.15, 0.2) is 218 Å². The van der Waals surface area contributed by atoms with Crippen molar-refractivity contribution in [2.75, 3.05) is 0 Å². The summed E-state index contributed by atoms with van der Waals surface area (Å²) in [6.45, 7) is 0. The van der Waals surface area contributed by atoms with Gasteiger partial charge in [-0.15, -0.1) is 0 Å². The maximum Gasteiger partial charge on any atom is 0.164 e. The van der Waals surface area contributed by atoms with Gasteiger partial charge in [0.15, 0.2) is 17.5 Å². The van der Waals surface area contributed by atoms with Crippen LogP contribution in [0.4, 0.5) is 0 Å². The number of aromatic nitrogens is 4. The van der Waals surface area contributed by atoms with Crippen LogP contribution < -0.4 is 0 Å². The van der Waals surface area contributed by atoms with E-state index in [2.05, 4.69) is 193 Å². The van der Waals surface area contributed by atoms with Crippen LogP contribution in [0.1, 0.15) is 0 Å². The molecule has 284 valence electrons. The molecule has 0 N–H and O–H groups in total. The molecule has 0 atom stereocenters. The van der Waals surface area contributed by atoms with Crippen molar-refractivity contribution in [1.82, 2.24) is 19.5 Å². The van der Waals surface area contributed by atoms with E-state index in [1.165, 1.54) is 59.7 Å². The van der Waals surface area contributed by atoms with E-state index in [9.17, 15) is 0 Å². The average Bonchev–Trinajstić information content (AvgIpc) is 3.67. The molecule has 0 aliphatic carbocycles. The van der Waals surface area contributed by atoms with Gasteiger partial charge in [-0.3, -0.25) is 0 Å². The Hall–Kier alpha value is -8.21. The van der Waals surface area contributed by atoms with E-state index in [0.717, 1.165) is 39.1 Å². The minimum absolute atomic E-state index is 0.630. The van der Waals surface area contributed by atoms with Gasteiger partial charge in [-0.2, -0.15) is 0 Å². The standard InChI is InChI=1S/C57H36N4/c1-2-13-41(14-3-1)55-58-56(42-24-21-38(22-25-42)47-26-23-37-11-4-5-15-43(37)33-47)60-57(59-55)48-19-10-18-44(34-48)39-27-30-49(31-28-39)61-52-32-29-40-12-8-9-20-50(40)54(52)51-35-45-16-6-7-17-46(45)36-53(51)61/h1-36H. The molecule has 12 rings (SSSR count). The third-order valence-electron chi connectivity index (χ3n) is 12.0. The van der Waals surface area contributed by atoms with Gasteiger partial charge in [0, 0.05) is 33.2 Å². The van der Waals surface area contributed by atoms with Crippen molar-refractivity contribution in [3.8, 4) is 62.1 Å². The molecule has 0 unspecified atom stereocenters. The van der Waals surface area contributed by atoms with E-state index >= 15 is 0 Å². The number of hydrogen-bond acceptors (Lipinski definition) is 3. The molecular formula is C57H36N4. The van der Waals surface area contributed by atoms with Gasteiger partial charge in [0.2, 0.25) is 0 Å². The second-order valence-corrected chi connectivity index (χ2v) is 15.7. The van der Waals surface area contributed by atoms with E-state index in [1.54, 1.807) is 0 Å². The van der Waals surface area contributed by atoms with Crippen molar-refractivity contribution >= 4 is 54.1 Å². The fourth-order valence-corrected chi connectivity index (χ4v) is 8.92. The number of nitrogens with zero attached hydrogens (tertiary/aromatic N) is 4. The van der Waals surface area contributed by atoms with Gasteiger partial charge in [0.05, 0.1) is 11.0 Å². The van der Waals surface area contributed by atoms with Crippen LogP contribution in [0.25, 0.3) is 116 Å². The first-order valence-electron chi connectivity index (χ1n) is 20.7. The number of rotatable bonds is 6. The molecule has 0 saturated carbocycles. The van der Waals surface area contributed by atoms with E-state index in [0.29, 0.717) is 17.5 Å². The first-order chi connectivity index (χ1) is 30.2. The quantitative estimate of drug-likeness (QED) is 0.169. The summed E-state index contributed by atoms with van der Waals surface area (Å²) in [6, 6.07) is 77.7. The Morgan fingerprint density at radius 3 is 1.49 bits per heavy atom. The van der Waals surface area contributed by atoms with Crippen LogP contribution in [0.5, 0.6) is 0 Å². The summed E-state index contributed by atoms with van der Waals surface area (Å²) in [5.74, 6) is 1.90. The van der Waals surface area contributed by atoms with Gasteiger partial charge in [0.25, 0.3) is 0 Å². The first kappa shape index (κ1) is 34.8. The number of benzene rings is 10. The topological polar surface area (TPSA) is 43.6 Å². The van der Waals surface area contributed by atoms with Gasteiger partial charge >= 0.3 is 0 Å². The van der Waals surface area contributed by atoms with Crippen molar-refractivity contribution < 1.29 is 0 Å². The number of hydrogen-bond donors (Lipinski definition) is 0. The Labute approximate surface area is 352 Å². The maximum atomic E-state index is 5.10. The lowest BCUT2D eigenvalue weighted by Gasteiger charge is -2.12. The zero-order valence-corrected chi connectivity index (χ0v) is 33.1. The first-order valence-corrected chi connectivity index (χ1v) is 20.7. The maximum absolute atomic E-state index is 5.10. The van der Waals surface area contributed by atoms with Gasteiger partial charge in [0.1, 0.15) is 0 Å². The van der Waals surface area contributed by atoms with Gasteiger partial charge < -0.3 is 4.57 Å². The molecule has 0 aliphatic heterocycles. The Morgan fingerprint density at radius 1 is 0.262 bits per heavy atom. The molecule has 0 radical (unpaired) electrons. The molecule has 4 heteroatoms. The van der Waals surface area contributed by atoms with Crippen LogP contribution in [-0.2, 0) is 0 Å². The molecule has 0 fully saturated rings. The van der Waals surface area contributed by atoms with Crippen molar-refractivity contribution in [2.45, 2.75) is 0 Å². The average molecular weight is 777 g/mol. The van der Waals surface area contributed by atoms with Crippen molar-refractivity contribution in [2.24, 2.45) is 0 Å². The van der Waals surface area contributed by atoms with E-state index in [4.69, 9.17) is 15.0 Å². The molecule has 2 heterocycles. The lowest BCUT2D eigenvalue weighted by atomic mass is 10.00. The highest BCUT2D eigenvalue weighted by atomic mass is 15.0. The van der Waals surface area contributed by atoms with Crippen LogP contribution >= 0.6 is 0 Å². The zero-order chi connectivity index (χ0) is 40.3. The summed E-state index contributed by atoms with van der Waals surface area (Å²) in [7, 11) is 0. The van der Waals surface area contributed by atoms with Gasteiger partial charge in [-0.25, -0.2) is 15.0 Å². The summed E-state index contributed by atoms with van der Waals surface area (Å²) in [5.41, 5.74) is 10.8. The normalized spacial score (nSPS) is 11.6. The van der Waals surface area contributed by atoms with Crippen LogP contribution in [0, 0.1) is 0 Å². The predicted molar refractivity (Wildman–Crippen MR) is 254 cm³/mol. The van der Waals surface area contributed by atoms with Gasteiger partial charge in [-0.1, -0.05) is 176 Å². The van der Waals surface area contributed by atoms with E-state index in [-0.39, 0.29) is 0 Å². The molecule has 0 saturated heterocycles.